The van der Waals surface area contributed by atoms with Gasteiger partial charge >= 0.3 is 0 Å². The van der Waals surface area contributed by atoms with E-state index in [1.54, 1.807) is 6.92 Å². The first-order valence-electron chi connectivity index (χ1n) is 10.4. The first kappa shape index (κ1) is 23.0. The van der Waals surface area contributed by atoms with Gasteiger partial charge in [-0.2, -0.15) is 0 Å². The molecule has 0 aromatic heterocycles. The Kier molecular flexibility index (Phi) is 5.00. The topological polar surface area (TPSA) is 201 Å². The highest BCUT2D eigenvalue weighted by Gasteiger charge is 2.72. The van der Waals surface area contributed by atoms with Crippen molar-refractivity contribution in [1.29, 1.82) is 0 Å². The number of primary amides is 1. The monoisotopic (exact) mass is 459 g/mol. The number of rotatable bonds is 2. The van der Waals surface area contributed by atoms with Gasteiger partial charge < -0.3 is 26.8 Å². The normalized spacial score (nSPS) is 38.1. The number of Topliss-reactive ketones (excluding diaryl/α,β-unsaturated/α-hetero) is 4. The number of nitrogen functional groups attached to an aromatic ring is 1. The lowest BCUT2D eigenvalue weighted by atomic mass is 9.49. The Bertz CT molecular complexity index is 1130. The van der Waals surface area contributed by atoms with Crippen LogP contribution in [0.2, 0.25) is 0 Å². The summed E-state index contributed by atoms with van der Waals surface area (Å²) in [5.74, 6) is -13.6. The number of amides is 1. The number of fused-ring (bicyclic) bond motifs is 3. The fourth-order valence-electron chi connectivity index (χ4n) is 6.01. The molecule has 8 atom stereocenters. The fourth-order valence-corrected chi connectivity index (χ4v) is 6.01. The molecule has 1 aromatic carbocycles. The van der Waals surface area contributed by atoms with E-state index in [4.69, 9.17) is 11.5 Å². The second-order valence-corrected chi connectivity index (χ2v) is 9.33. The number of benzene rings is 1. The van der Waals surface area contributed by atoms with Crippen molar-refractivity contribution in [2.45, 2.75) is 30.6 Å². The van der Waals surface area contributed by atoms with Gasteiger partial charge in [-0.05, 0) is 31.6 Å². The molecule has 4 rings (SSSR count). The third kappa shape index (κ3) is 2.69. The molecule has 0 spiro atoms. The molecule has 0 radical (unpaired) electrons. The van der Waals surface area contributed by atoms with Crippen molar-refractivity contribution in [3.63, 3.8) is 0 Å². The largest absolute Gasteiger partial charge is 0.505 e. The number of hydrogen-bond donors (Lipinski definition) is 5. The third-order valence-electron chi connectivity index (χ3n) is 7.52. The molecular weight excluding hydrogens is 434 g/mol. The number of aliphatic hydroxyl groups excluding tert-OH is 1. The summed E-state index contributed by atoms with van der Waals surface area (Å²) in [4.78, 5) is 66.6. The van der Waals surface area contributed by atoms with Gasteiger partial charge in [-0.15, -0.1) is 0 Å². The third-order valence-corrected chi connectivity index (χ3v) is 7.52. The molecule has 7 N–H and O–H groups in total. The number of nitrogens with zero attached hydrogens (tertiary/aromatic N) is 1. The quantitative estimate of drug-likeness (QED) is 0.187. The molecule has 176 valence electrons. The Balaban J connectivity index is 1.97. The molecule has 0 bridgehead atoms. The molecule has 11 heteroatoms. The van der Waals surface area contributed by atoms with Crippen LogP contribution in [-0.4, -0.2) is 81.1 Å². The molecule has 2 fully saturated rings. The number of anilines is 1. The first-order valence-corrected chi connectivity index (χ1v) is 10.4. The van der Waals surface area contributed by atoms with E-state index in [0.29, 0.717) is 5.56 Å². The number of likely N-dealkylation sites (N-methyl/N-ethyl adjacent to an activating group) is 1. The van der Waals surface area contributed by atoms with Gasteiger partial charge in [-0.25, -0.2) is 0 Å². The Morgan fingerprint density at radius 3 is 2.27 bits per heavy atom. The van der Waals surface area contributed by atoms with Gasteiger partial charge in [-0.3, -0.25) is 28.9 Å². The molecule has 3 aliphatic rings. The molecule has 2 saturated carbocycles. The van der Waals surface area contributed by atoms with Crippen LogP contribution in [0, 0.1) is 23.7 Å². The lowest BCUT2D eigenvalue weighted by molar-refractivity contribution is -0.196. The number of carbonyl (C=O) groups excluding carboxylic acids is 5. The molecule has 0 saturated heterocycles. The second kappa shape index (κ2) is 7.17. The Labute approximate surface area is 188 Å². The maximum Gasteiger partial charge on any atom is 0.235 e. The number of aromatic hydroxyl groups is 1. The van der Waals surface area contributed by atoms with Crippen molar-refractivity contribution in [1.82, 2.24) is 4.90 Å². The van der Waals surface area contributed by atoms with Gasteiger partial charge in [0.15, 0.2) is 34.7 Å². The summed E-state index contributed by atoms with van der Waals surface area (Å²) in [6.07, 6.45) is -1.65. The van der Waals surface area contributed by atoms with Crippen LogP contribution in [0.15, 0.2) is 12.1 Å². The van der Waals surface area contributed by atoms with Crippen molar-refractivity contribution in [2.75, 3.05) is 19.8 Å². The predicted octanol–water partition coefficient (Wildman–Crippen LogP) is -2.02. The van der Waals surface area contributed by atoms with E-state index in [1.165, 1.54) is 31.1 Å². The van der Waals surface area contributed by atoms with Crippen LogP contribution in [0.25, 0.3) is 0 Å². The number of phenolic OH excluding ortho intramolecular Hbond substituents is 1. The van der Waals surface area contributed by atoms with E-state index in [2.05, 4.69) is 0 Å². The minimum absolute atomic E-state index is 0.103. The summed E-state index contributed by atoms with van der Waals surface area (Å²) in [5.41, 5.74) is 7.98. The van der Waals surface area contributed by atoms with Crippen LogP contribution >= 0.6 is 0 Å². The van der Waals surface area contributed by atoms with Crippen LogP contribution in [-0.2, 0) is 19.2 Å². The maximum absolute atomic E-state index is 13.7. The van der Waals surface area contributed by atoms with Gasteiger partial charge in [0.25, 0.3) is 0 Å². The van der Waals surface area contributed by atoms with Gasteiger partial charge in [0.2, 0.25) is 5.91 Å². The number of aliphatic hydroxyl groups is 2. The molecule has 3 aliphatic carbocycles. The summed E-state index contributed by atoms with van der Waals surface area (Å²) >= 11 is 0. The van der Waals surface area contributed by atoms with E-state index in [-0.39, 0.29) is 11.3 Å². The summed E-state index contributed by atoms with van der Waals surface area (Å²) in [5, 5.41) is 33.3. The summed E-state index contributed by atoms with van der Waals surface area (Å²) in [6, 6.07) is 1.50. The van der Waals surface area contributed by atoms with Crippen molar-refractivity contribution in [2.24, 2.45) is 29.4 Å². The van der Waals surface area contributed by atoms with Crippen molar-refractivity contribution < 1.29 is 39.3 Å². The SMILES string of the molecule is CC1c2ccc(N)c(O)c2C(=O)C2C(=O)[C@]3(O)C(=O)C(C(N)=O)C(=O)[C@@H](N(C)C)C3C(O)C21. The number of ketones is 4. The van der Waals surface area contributed by atoms with Gasteiger partial charge in [0.1, 0.15) is 5.75 Å². The highest BCUT2D eigenvalue weighted by Crippen LogP contribution is 2.54. The molecule has 6 unspecified atom stereocenters. The summed E-state index contributed by atoms with van der Waals surface area (Å²) < 4.78 is 0. The lowest BCUT2D eigenvalue weighted by Crippen LogP contribution is -2.77. The number of nitrogens with two attached hydrogens (primary N) is 2. The minimum atomic E-state index is -3.01. The summed E-state index contributed by atoms with van der Waals surface area (Å²) in [6.45, 7) is 1.63. The van der Waals surface area contributed by atoms with Crippen LogP contribution in [0.1, 0.15) is 28.8 Å². The second-order valence-electron chi connectivity index (χ2n) is 9.33. The zero-order chi connectivity index (χ0) is 24.7. The van der Waals surface area contributed by atoms with Crippen LogP contribution < -0.4 is 11.5 Å². The van der Waals surface area contributed by atoms with Gasteiger partial charge in [0, 0.05) is 5.92 Å². The average molecular weight is 459 g/mol. The standard InChI is InChI=1S/C22H25N3O8/c1-6-7-4-5-8(23)15(26)10(7)16(27)11-9(6)17(28)13-14(25(2)3)18(29)12(21(24)32)20(31)22(13,33)19(11)30/h4-6,9,11-14,17,26,28,33H,23H2,1-3H3,(H2,24,32)/t6?,9?,11?,12?,13?,14-,17?,22-/m0/s1. The zero-order valence-corrected chi connectivity index (χ0v) is 18.2. The van der Waals surface area contributed by atoms with Crippen LogP contribution in [0.5, 0.6) is 5.75 Å². The summed E-state index contributed by atoms with van der Waals surface area (Å²) in [7, 11) is 2.87. The Hall–Kier alpha value is -3.15. The molecule has 11 nitrogen and oxygen atoms in total. The highest BCUT2D eigenvalue weighted by molar-refractivity contribution is 6.32. The average Bonchev–Trinajstić information content (AvgIpc) is 2.72. The predicted molar refractivity (Wildman–Crippen MR) is 112 cm³/mol. The van der Waals surface area contributed by atoms with Crippen LogP contribution in [0.3, 0.4) is 0 Å². The zero-order valence-electron chi connectivity index (χ0n) is 18.2. The molecule has 0 heterocycles. The first-order chi connectivity index (χ1) is 15.3. The van der Waals surface area contributed by atoms with Gasteiger partial charge in [0.05, 0.1) is 35.2 Å². The van der Waals surface area contributed by atoms with Crippen molar-refractivity contribution >= 4 is 34.7 Å². The number of phenols is 1. The molecule has 0 aliphatic heterocycles. The van der Waals surface area contributed by atoms with Crippen molar-refractivity contribution in [3.05, 3.63) is 23.3 Å². The molecular formula is C22H25N3O8. The van der Waals surface area contributed by atoms with Gasteiger partial charge in [-0.1, -0.05) is 13.0 Å². The van der Waals surface area contributed by atoms with E-state index in [9.17, 15) is 39.3 Å². The lowest BCUT2D eigenvalue weighted by Gasteiger charge is -2.56. The van der Waals surface area contributed by atoms with E-state index >= 15 is 0 Å². The van der Waals surface area contributed by atoms with E-state index in [1.807, 2.05) is 0 Å². The van der Waals surface area contributed by atoms with E-state index < -0.39 is 82.1 Å². The molecule has 1 aromatic rings. The molecule has 33 heavy (non-hydrogen) atoms. The highest BCUT2D eigenvalue weighted by atomic mass is 16.3. The number of carbonyl (C=O) groups is 5. The fraction of sp³-hybridized carbons (Fsp3) is 0.500. The Morgan fingerprint density at radius 2 is 1.73 bits per heavy atom. The minimum Gasteiger partial charge on any atom is -0.505 e. The van der Waals surface area contributed by atoms with E-state index in [0.717, 1.165) is 0 Å². The van der Waals surface area contributed by atoms with Crippen LogP contribution in [0.4, 0.5) is 5.69 Å². The maximum atomic E-state index is 13.7. The Morgan fingerprint density at radius 1 is 1.12 bits per heavy atom. The molecule has 1 amide bonds. The smallest absolute Gasteiger partial charge is 0.235 e. The number of hydrogen-bond acceptors (Lipinski definition) is 10. The van der Waals surface area contributed by atoms with Crippen molar-refractivity contribution in [3.8, 4) is 5.75 Å².